The van der Waals surface area contributed by atoms with Gasteiger partial charge in [0.25, 0.3) is 5.95 Å². The second-order valence-corrected chi connectivity index (χ2v) is 6.03. The highest BCUT2D eigenvalue weighted by Gasteiger charge is 2.18. The van der Waals surface area contributed by atoms with Crippen molar-refractivity contribution in [1.82, 2.24) is 15.3 Å². The molecule has 0 bridgehead atoms. The Morgan fingerprint density at radius 1 is 1.30 bits per heavy atom. The molecule has 1 amide bonds. The van der Waals surface area contributed by atoms with Gasteiger partial charge in [0.05, 0.1) is 11.2 Å². The monoisotopic (exact) mass is 311 g/mol. The van der Waals surface area contributed by atoms with Crippen LogP contribution in [-0.2, 0) is 4.79 Å². The van der Waals surface area contributed by atoms with Gasteiger partial charge >= 0.3 is 0 Å². The maximum absolute atomic E-state index is 12.0. The van der Waals surface area contributed by atoms with E-state index in [1.54, 1.807) is 0 Å². The molecule has 23 heavy (non-hydrogen) atoms. The molecule has 3 N–H and O–H groups in total. The number of amides is 1. The first kappa shape index (κ1) is 15.4. The molecule has 1 heterocycles. The number of benzene rings is 1. The Morgan fingerprint density at radius 2 is 2.04 bits per heavy atom. The summed E-state index contributed by atoms with van der Waals surface area (Å²) >= 11 is 0. The van der Waals surface area contributed by atoms with Gasteiger partial charge in [0.15, 0.2) is 0 Å². The Kier molecular flexibility index (Phi) is 4.50. The number of aryl methyl sites for hydroxylation is 1. The van der Waals surface area contributed by atoms with Gasteiger partial charge in [-0.1, -0.05) is 31.0 Å². The summed E-state index contributed by atoms with van der Waals surface area (Å²) in [6.45, 7) is 1.90. The van der Waals surface area contributed by atoms with Crippen LogP contribution in [0.2, 0.25) is 0 Å². The number of nitrogens with zero attached hydrogens (tertiary/aromatic N) is 3. The predicted octanol–water partition coefficient (Wildman–Crippen LogP) is 2.58. The molecule has 1 aliphatic carbocycles. The number of para-hydroxylation sites is 1. The molecular formula is C17H21N5O. The van der Waals surface area contributed by atoms with E-state index in [9.17, 15) is 4.79 Å². The zero-order valence-corrected chi connectivity index (χ0v) is 13.2. The molecule has 1 saturated carbocycles. The van der Waals surface area contributed by atoms with Crippen molar-refractivity contribution in [3.63, 3.8) is 0 Å². The zero-order chi connectivity index (χ0) is 16.2. The minimum Gasteiger partial charge on any atom is -0.369 e. The van der Waals surface area contributed by atoms with Gasteiger partial charge in [0.2, 0.25) is 11.9 Å². The third-order valence-corrected chi connectivity index (χ3v) is 4.22. The van der Waals surface area contributed by atoms with Gasteiger partial charge in [-0.3, -0.25) is 10.1 Å². The van der Waals surface area contributed by atoms with E-state index in [4.69, 9.17) is 5.73 Å². The number of hydrogen-bond donors (Lipinski definition) is 2. The first-order chi connectivity index (χ1) is 11.1. The van der Waals surface area contributed by atoms with Crippen LogP contribution in [0.25, 0.3) is 10.9 Å². The van der Waals surface area contributed by atoms with Gasteiger partial charge in [-0.05, 0) is 31.7 Å². The fourth-order valence-electron chi connectivity index (χ4n) is 3.08. The van der Waals surface area contributed by atoms with Crippen molar-refractivity contribution in [3.05, 3.63) is 30.0 Å². The lowest BCUT2D eigenvalue weighted by Crippen LogP contribution is -2.37. The van der Waals surface area contributed by atoms with Gasteiger partial charge in [-0.25, -0.2) is 9.97 Å². The van der Waals surface area contributed by atoms with Crippen LogP contribution in [0.4, 0.5) is 5.95 Å². The summed E-state index contributed by atoms with van der Waals surface area (Å²) in [4.78, 5) is 24.8. The summed E-state index contributed by atoms with van der Waals surface area (Å²) in [6, 6.07) is 7.72. The number of fused-ring (bicyclic) bond motifs is 1. The van der Waals surface area contributed by atoms with Crippen LogP contribution in [0, 0.1) is 12.8 Å². The fraction of sp³-hybridized carbons (Fsp3) is 0.412. The van der Waals surface area contributed by atoms with E-state index in [2.05, 4.69) is 20.3 Å². The Morgan fingerprint density at radius 3 is 2.83 bits per heavy atom. The number of nitrogens with one attached hydrogen (secondary N) is 1. The Bertz CT molecular complexity index is 750. The number of hydrogen-bond acceptors (Lipinski definition) is 4. The van der Waals surface area contributed by atoms with Crippen molar-refractivity contribution in [3.8, 4) is 0 Å². The second kappa shape index (κ2) is 6.73. The molecule has 1 aromatic heterocycles. The summed E-state index contributed by atoms with van der Waals surface area (Å²) in [5.41, 5.74) is 7.46. The molecule has 0 aliphatic heterocycles. The minimum atomic E-state index is -0.0874. The Hall–Kier alpha value is -2.50. The highest BCUT2D eigenvalue weighted by atomic mass is 16.1. The number of rotatable bonds is 3. The van der Waals surface area contributed by atoms with Gasteiger partial charge in [0.1, 0.15) is 0 Å². The SMILES string of the molecule is Cc1nc(N=C(N)NC(=O)CC2CCCC2)nc2ccccc12. The third-order valence-electron chi connectivity index (χ3n) is 4.22. The highest BCUT2D eigenvalue weighted by Crippen LogP contribution is 2.27. The van der Waals surface area contributed by atoms with E-state index in [0.717, 1.165) is 29.4 Å². The van der Waals surface area contributed by atoms with Gasteiger partial charge < -0.3 is 5.73 Å². The molecule has 1 fully saturated rings. The smallest absolute Gasteiger partial charge is 0.253 e. The maximum atomic E-state index is 12.0. The summed E-state index contributed by atoms with van der Waals surface area (Å²) in [5, 5.41) is 3.61. The Labute approximate surface area is 135 Å². The van der Waals surface area contributed by atoms with Crippen LogP contribution >= 0.6 is 0 Å². The van der Waals surface area contributed by atoms with Crippen LogP contribution < -0.4 is 11.1 Å². The molecule has 0 unspecified atom stereocenters. The number of aliphatic imine (C=N–C) groups is 1. The molecule has 1 aromatic carbocycles. The summed E-state index contributed by atoms with van der Waals surface area (Å²) in [6.07, 6.45) is 5.18. The lowest BCUT2D eigenvalue weighted by Gasteiger charge is -2.09. The lowest BCUT2D eigenvalue weighted by molar-refractivity contribution is -0.120. The number of carbonyl (C=O) groups excluding carboxylic acids is 1. The summed E-state index contributed by atoms with van der Waals surface area (Å²) < 4.78 is 0. The number of carbonyl (C=O) groups is 1. The first-order valence-electron chi connectivity index (χ1n) is 7.99. The third kappa shape index (κ3) is 3.83. The molecule has 3 rings (SSSR count). The average Bonchev–Trinajstić information content (AvgIpc) is 2.99. The van der Waals surface area contributed by atoms with Crippen LogP contribution in [0.1, 0.15) is 37.8 Å². The van der Waals surface area contributed by atoms with Crippen molar-refractivity contribution in [2.75, 3.05) is 0 Å². The van der Waals surface area contributed by atoms with E-state index >= 15 is 0 Å². The van der Waals surface area contributed by atoms with Crippen molar-refractivity contribution in [1.29, 1.82) is 0 Å². The zero-order valence-electron chi connectivity index (χ0n) is 13.2. The molecular weight excluding hydrogens is 290 g/mol. The summed E-state index contributed by atoms with van der Waals surface area (Å²) in [7, 11) is 0. The second-order valence-electron chi connectivity index (χ2n) is 6.03. The quantitative estimate of drug-likeness (QED) is 0.673. The van der Waals surface area contributed by atoms with Gasteiger partial charge in [-0.15, -0.1) is 0 Å². The van der Waals surface area contributed by atoms with Crippen molar-refractivity contribution >= 4 is 28.7 Å². The van der Waals surface area contributed by atoms with E-state index in [0.29, 0.717) is 12.3 Å². The minimum absolute atomic E-state index is 0.0441. The van der Waals surface area contributed by atoms with Crippen LogP contribution in [0.3, 0.4) is 0 Å². The fourth-order valence-corrected chi connectivity index (χ4v) is 3.08. The largest absolute Gasteiger partial charge is 0.369 e. The molecule has 2 aromatic rings. The van der Waals surface area contributed by atoms with E-state index in [1.165, 1.54) is 12.8 Å². The lowest BCUT2D eigenvalue weighted by atomic mass is 10.0. The molecule has 0 spiro atoms. The van der Waals surface area contributed by atoms with Crippen LogP contribution in [0.15, 0.2) is 29.3 Å². The topological polar surface area (TPSA) is 93.3 Å². The van der Waals surface area contributed by atoms with Crippen LogP contribution in [-0.4, -0.2) is 21.8 Å². The number of guanidine groups is 1. The van der Waals surface area contributed by atoms with Crippen LogP contribution in [0.5, 0.6) is 0 Å². The predicted molar refractivity (Wildman–Crippen MR) is 90.3 cm³/mol. The summed E-state index contributed by atoms with van der Waals surface area (Å²) in [5.74, 6) is 0.695. The maximum Gasteiger partial charge on any atom is 0.253 e. The molecule has 0 saturated heterocycles. The van der Waals surface area contributed by atoms with E-state index < -0.39 is 0 Å². The molecule has 6 nitrogen and oxygen atoms in total. The molecule has 6 heteroatoms. The van der Waals surface area contributed by atoms with Crippen molar-refractivity contribution in [2.45, 2.75) is 39.0 Å². The average molecular weight is 311 g/mol. The standard InChI is InChI=1S/C17H21N5O/c1-11-13-8-4-5-9-14(13)20-17(19-11)22-16(18)21-15(23)10-12-6-2-3-7-12/h4-5,8-9,12H,2-3,6-7,10H2,1H3,(H3,18,19,20,21,22,23). The molecule has 0 atom stereocenters. The van der Waals surface area contributed by atoms with Gasteiger partial charge in [-0.2, -0.15) is 4.99 Å². The molecule has 1 aliphatic rings. The molecule has 120 valence electrons. The number of aromatic nitrogens is 2. The highest BCUT2D eigenvalue weighted by molar-refractivity contribution is 5.97. The Balaban J connectivity index is 1.71. The number of nitrogens with two attached hydrogens (primary N) is 1. The van der Waals surface area contributed by atoms with Crippen molar-refractivity contribution < 1.29 is 4.79 Å². The molecule has 0 radical (unpaired) electrons. The normalized spacial score (nSPS) is 16.0. The van der Waals surface area contributed by atoms with Crippen molar-refractivity contribution in [2.24, 2.45) is 16.6 Å². The van der Waals surface area contributed by atoms with E-state index in [1.807, 2.05) is 31.2 Å². The van der Waals surface area contributed by atoms with E-state index in [-0.39, 0.29) is 17.8 Å². The van der Waals surface area contributed by atoms with Gasteiger partial charge in [0, 0.05) is 11.8 Å². The first-order valence-corrected chi connectivity index (χ1v) is 7.99.